The van der Waals surface area contributed by atoms with Crippen LogP contribution in [0.15, 0.2) is 24.3 Å². The predicted octanol–water partition coefficient (Wildman–Crippen LogP) is 2.34. The number of aromatic carboxylic acids is 1. The third-order valence-corrected chi connectivity index (χ3v) is 7.02. The number of carboxylic acids is 1. The monoisotopic (exact) mass is 385 g/mol. The zero-order valence-corrected chi connectivity index (χ0v) is 16.7. The topological polar surface area (TPSA) is 72.9 Å². The smallest absolute Gasteiger partial charge is 0.335 e. The summed E-state index contributed by atoms with van der Waals surface area (Å²) in [6, 6.07) is 7.74. The lowest BCUT2D eigenvalue weighted by Crippen LogP contribution is -2.66. The lowest BCUT2D eigenvalue weighted by Gasteiger charge is -2.54. The molecule has 3 fully saturated rings. The summed E-state index contributed by atoms with van der Waals surface area (Å²) in [6.45, 7) is 3.49. The molecule has 1 aromatic rings. The molecule has 0 aromatic heterocycles. The van der Waals surface area contributed by atoms with Crippen LogP contribution in [0.25, 0.3) is 0 Å². The van der Waals surface area contributed by atoms with Gasteiger partial charge in [0.25, 0.3) is 0 Å². The fourth-order valence-corrected chi connectivity index (χ4v) is 5.11. The van der Waals surface area contributed by atoms with Crippen LogP contribution in [0.3, 0.4) is 0 Å². The third-order valence-electron chi connectivity index (χ3n) is 7.02. The number of carbonyl (C=O) groups excluding carboxylic acids is 1. The first-order valence-electron chi connectivity index (χ1n) is 10.5. The minimum absolute atomic E-state index is 0.175. The second-order valence-electron chi connectivity index (χ2n) is 8.87. The van der Waals surface area contributed by atoms with Crippen molar-refractivity contribution in [3.63, 3.8) is 0 Å². The highest BCUT2D eigenvalue weighted by molar-refractivity contribution is 5.87. The molecule has 1 saturated carbocycles. The third kappa shape index (κ3) is 3.67. The second-order valence-corrected chi connectivity index (χ2v) is 8.87. The highest BCUT2D eigenvalue weighted by Crippen LogP contribution is 2.43. The summed E-state index contributed by atoms with van der Waals surface area (Å²) in [7, 11) is 2.13. The number of piperidine rings is 2. The van der Waals surface area contributed by atoms with Crippen molar-refractivity contribution in [2.45, 2.75) is 57.2 Å². The van der Waals surface area contributed by atoms with Gasteiger partial charge in [0.2, 0.25) is 5.91 Å². The number of rotatable bonds is 5. The standard InChI is InChI=1S/C22H31N3O3/c1-24-12-10-22(21(28)23-18-7-3-8-18)9-4-11-25(19(22)15-24)14-16-5-2-6-17(13-16)20(26)27/h2,5-6,13,18-19H,3-4,7-12,14-15H2,1H3,(H,23,28)(H,26,27)/t19-,22+/m0/s1. The van der Waals surface area contributed by atoms with Gasteiger partial charge in [0.15, 0.2) is 0 Å². The maximum atomic E-state index is 13.4. The van der Waals surface area contributed by atoms with E-state index in [0.29, 0.717) is 18.2 Å². The van der Waals surface area contributed by atoms with Crippen molar-refractivity contribution in [1.29, 1.82) is 0 Å². The van der Waals surface area contributed by atoms with Gasteiger partial charge in [0.1, 0.15) is 0 Å². The van der Waals surface area contributed by atoms with Crippen LogP contribution < -0.4 is 5.32 Å². The van der Waals surface area contributed by atoms with E-state index in [1.165, 1.54) is 6.42 Å². The summed E-state index contributed by atoms with van der Waals surface area (Å²) in [6.07, 6.45) is 6.30. The van der Waals surface area contributed by atoms with Crippen molar-refractivity contribution in [3.8, 4) is 0 Å². The number of amides is 1. The van der Waals surface area contributed by atoms with Gasteiger partial charge in [0, 0.05) is 25.2 Å². The zero-order valence-electron chi connectivity index (χ0n) is 16.7. The van der Waals surface area contributed by atoms with Crippen molar-refractivity contribution in [1.82, 2.24) is 15.1 Å². The van der Waals surface area contributed by atoms with Crippen molar-refractivity contribution in [2.75, 3.05) is 26.7 Å². The molecule has 28 heavy (non-hydrogen) atoms. The molecule has 1 aliphatic carbocycles. The van der Waals surface area contributed by atoms with E-state index in [9.17, 15) is 14.7 Å². The Morgan fingerprint density at radius 1 is 1.21 bits per heavy atom. The quantitative estimate of drug-likeness (QED) is 0.814. The molecule has 6 heteroatoms. The van der Waals surface area contributed by atoms with E-state index < -0.39 is 5.97 Å². The summed E-state index contributed by atoms with van der Waals surface area (Å²) in [5, 5.41) is 12.6. The van der Waals surface area contributed by atoms with Crippen LogP contribution in [0.5, 0.6) is 0 Å². The molecular formula is C22H31N3O3. The molecule has 0 radical (unpaired) electrons. The van der Waals surface area contributed by atoms with E-state index in [1.54, 1.807) is 12.1 Å². The van der Waals surface area contributed by atoms with Gasteiger partial charge in [-0.25, -0.2) is 4.79 Å². The molecule has 1 amide bonds. The number of likely N-dealkylation sites (N-methyl/N-ethyl adjacent to an activating group) is 1. The van der Waals surface area contributed by atoms with E-state index in [4.69, 9.17) is 0 Å². The van der Waals surface area contributed by atoms with Crippen LogP contribution in [0.4, 0.5) is 0 Å². The molecule has 2 aliphatic heterocycles. The van der Waals surface area contributed by atoms with Crippen molar-refractivity contribution >= 4 is 11.9 Å². The fourth-order valence-electron chi connectivity index (χ4n) is 5.11. The maximum absolute atomic E-state index is 13.4. The molecule has 4 rings (SSSR count). The number of carboxylic acid groups (broad SMARTS) is 1. The van der Waals surface area contributed by atoms with Crippen LogP contribution in [0.2, 0.25) is 0 Å². The van der Waals surface area contributed by atoms with Crippen molar-refractivity contribution in [3.05, 3.63) is 35.4 Å². The van der Waals surface area contributed by atoms with E-state index in [-0.39, 0.29) is 17.4 Å². The Morgan fingerprint density at radius 3 is 2.75 bits per heavy atom. The summed E-state index contributed by atoms with van der Waals surface area (Å²) >= 11 is 0. The minimum atomic E-state index is -0.896. The first-order valence-corrected chi connectivity index (χ1v) is 10.5. The summed E-state index contributed by atoms with van der Waals surface area (Å²) in [5.41, 5.74) is 1.01. The van der Waals surface area contributed by atoms with Crippen LogP contribution in [-0.2, 0) is 11.3 Å². The van der Waals surface area contributed by atoms with Crippen molar-refractivity contribution in [2.24, 2.45) is 5.41 Å². The van der Waals surface area contributed by atoms with Crippen LogP contribution in [-0.4, -0.2) is 65.5 Å². The van der Waals surface area contributed by atoms with Gasteiger partial charge in [-0.1, -0.05) is 12.1 Å². The summed E-state index contributed by atoms with van der Waals surface area (Å²) in [4.78, 5) is 29.4. The number of nitrogens with one attached hydrogen (secondary N) is 1. The molecule has 0 unspecified atom stereocenters. The van der Waals surface area contributed by atoms with Gasteiger partial charge < -0.3 is 15.3 Å². The molecule has 2 atom stereocenters. The van der Waals surface area contributed by atoms with Crippen LogP contribution >= 0.6 is 0 Å². The zero-order chi connectivity index (χ0) is 19.7. The van der Waals surface area contributed by atoms with Gasteiger partial charge in [-0.2, -0.15) is 0 Å². The predicted molar refractivity (Wildman–Crippen MR) is 107 cm³/mol. The van der Waals surface area contributed by atoms with Gasteiger partial charge in [-0.05, 0) is 76.4 Å². The molecular weight excluding hydrogens is 354 g/mol. The molecule has 6 nitrogen and oxygen atoms in total. The highest BCUT2D eigenvalue weighted by atomic mass is 16.4. The molecule has 2 heterocycles. The number of likely N-dealkylation sites (tertiary alicyclic amines) is 2. The number of nitrogens with zero attached hydrogens (tertiary/aromatic N) is 2. The van der Waals surface area contributed by atoms with Gasteiger partial charge >= 0.3 is 5.97 Å². The van der Waals surface area contributed by atoms with E-state index in [0.717, 1.165) is 57.3 Å². The largest absolute Gasteiger partial charge is 0.478 e. The summed E-state index contributed by atoms with van der Waals surface area (Å²) < 4.78 is 0. The van der Waals surface area contributed by atoms with Crippen LogP contribution in [0.1, 0.15) is 54.4 Å². The average molecular weight is 386 g/mol. The van der Waals surface area contributed by atoms with Gasteiger partial charge in [-0.15, -0.1) is 0 Å². The fraction of sp³-hybridized carbons (Fsp3) is 0.636. The van der Waals surface area contributed by atoms with E-state index in [2.05, 4.69) is 22.2 Å². The second kappa shape index (κ2) is 7.84. The molecule has 152 valence electrons. The molecule has 3 aliphatic rings. The number of benzene rings is 1. The van der Waals surface area contributed by atoms with E-state index >= 15 is 0 Å². The van der Waals surface area contributed by atoms with Gasteiger partial charge in [-0.3, -0.25) is 9.69 Å². The average Bonchev–Trinajstić information content (AvgIpc) is 2.65. The summed E-state index contributed by atoms with van der Waals surface area (Å²) in [5.74, 6) is -0.647. The lowest BCUT2D eigenvalue weighted by atomic mass is 9.67. The number of hydrogen-bond acceptors (Lipinski definition) is 4. The van der Waals surface area contributed by atoms with Crippen LogP contribution in [0, 0.1) is 5.41 Å². The Hall–Kier alpha value is -1.92. The maximum Gasteiger partial charge on any atom is 0.335 e. The molecule has 0 bridgehead atoms. The lowest BCUT2D eigenvalue weighted by molar-refractivity contribution is -0.146. The first-order chi connectivity index (χ1) is 13.5. The Morgan fingerprint density at radius 2 is 2.04 bits per heavy atom. The molecule has 2 saturated heterocycles. The molecule has 2 N–H and O–H groups in total. The number of hydrogen-bond donors (Lipinski definition) is 2. The Bertz CT molecular complexity index is 748. The van der Waals surface area contributed by atoms with Crippen molar-refractivity contribution < 1.29 is 14.7 Å². The number of fused-ring (bicyclic) bond motifs is 1. The SMILES string of the molecule is CN1CC[C@]2(C(=O)NC3CCC3)CCCN(Cc3cccc(C(=O)O)c3)[C@H]2C1. The Balaban J connectivity index is 1.56. The minimum Gasteiger partial charge on any atom is -0.478 e. The number of carbonyl (C=O) groups is 2. The normalized spacial score (nSPS) is 29.0. The Kier molecular flexibility index (Phi) is 5.43. The van der Waals surface area contributed by atoms with Gasteiger partial charge in [0.05, 0.1) is 11.0 Å². The Labute approximate surface area is 166 Å². The molecule has 0 spiro atoms. The van der Waals surface area contributed by atoms with E-state index in [1.807, 2.05) is 12.1 Å². The molecule has 1 aromatic carbocycles. The first kappa shape index (κ1) is 19.4. The highest BCUT2D eigenvalue weighted by Gasteiger charge is 2.52.